The molecular weight excluding hydrogens is 309 g/mol. The fourth-order valence-corrected chi connectivity index (χ4v) is 2.22. The van der Waals surface area contributed by atoms with Crippen molar-refractivity contribution in [2.24, 2.45) is 0 Å². The molecular formula is C15H13BrFNO. The minimum Gasteiger partial charge on any atom is -0.299 e. The van der Waals surface area contributed by atoms with E-state index in [1.165, 1.54) is 6.07 Å². The molecule has 0 fully saturated rings. The van der Waals surface area contributed by atoms with Crippen molar-refractivity contribution in [2.45, 2.75) is 19.3 Å². The number of carbonyl (C=O) groups is 1. The fraction of sp³-hybridized carbons (Fsp3) is 0.200. The summed E-state index contributed by atoms with van der Waals surface area (Å²) in [6.07, 6.45) is 4.81. The Balaban J connectivity index is 1.93. The quantitative estimate of drug-likeness (QED) is 0.840. The average Bonchev–Trinajstić information content (AvgIpc) is 2.43. The highest BCUT2D eigenvalue weighted by Gasteiger charge is 2.10. The number of nitrogens with zero attached hydrogens (tertiary/aromatic N) is 1. The topological polar surface area (TPSA) is 30.0 Å². The lowest BCUT2D eigenvalue weighted by Crippen LogP contribution is -2.05. The van der Waals surface area contributed by atoms with Gasteiger partial charge in [0.15, 0.2) is 0 Å². The monoisotopic (exact) mass is 321 g/mol. The maximum atomic E-state index is 13.3. The molecule has 0 unspecified atom stereocenters. The van der Waals surface area contributed by atoms with Gasteiger partial charge in [-0.25, -0.2) is 4.39 Å². The molecule has 0 amide bonds. The van der Waals surface area contributed by atoms with E-state index < -0.39 is 0 Å². The van der Waals surface area contributed by atoms with Crippen LogP contribution < -0.4 is 0 Å². The van der Waals surface area contributed by atoms with Crippen LogP contribution in [0.25, 0.3) is 0 Å². The van der Waals surface area contributed by atoms with Gasteiger partial charge in [0.05, 0.1) is 4.47 Å². The number of carbonyl (C=O) groups excluding carboxylic acids is 1. The molecule has 0 bridgehead atoms. The molecule has 0 aliphatic heterocycles. The fourth-order valence-electron chi connectivity index (χ4n) is 1.82. The first-order valence-corrected chi connectivity index (χ1v) is 6.79. The molecule has 0 aliphatic rings. The highest BCUT2D eigenvalue weighted by atomic mass is 79.9. The molecule has 2 rings (SSSR count). The summed E-state index contributed by atoms with van der Waals surface area (Å²) in [5.41, 5.74) is 1.73. The van der Waals surface area contributed by atoms with E-state index >= 15 is 0 Å². The van der Waals surface area contributed by atoms with E-state index in [-0.39, 0.29) is 18.0 Å². The minimum atomic E-state index is -0.336. The number of Topliss-reactive ketones (excluding diaryl/α,β-unsaturated/α-hetero) is 1. The highest BCUT2D eigenvalue weighted by Crippen LogP contribution is 2.21. The summed E-state index contributed by atoms with van der Waals surface area (Å²) in [5, 5.41) is 0. The van der Waals surface area contributed by atoms with E-state index in [4.69, 9.17) is 0 Å². The van der Waals surface area contributed by atoms with Crippen molar-refractivity contribution in [1.29, 1.82) is 0 Å². The van der Waals surface area contributed by atoms with Crippen LogP contribution in [0.2, 0.25) is 0 Å². The van der Waals surface area contributed by atoms with E-state index in [0.717, 1.165) is 5.56 Å². The Hall–Kier alpha value is -1.55. The highest BCUT2D eigenvalue weighted by molar-refractivity contribution is 9.10. The normalized spacial score (nSPS) is 10.4. The van der Waals surface area contributed by atoms with Crippen molar-refractivity contribution >= 4 is 21.7 Å². The molecule has 0 saturated carbocycles. The summed E-state index contributed by atoms with van der Waals surface area (Å²) in [4.78, 5) is 15.9. The Bertz CT molecular complexity index is 572. The van der Waals surface area contributed by atoms with Crippen LogP contribution in [0.3, 0.4) is 0 Å². The molecule has 1 aromatic carbocycles. The lowest BCUT2D eigenvalue weighted by atomic mass is 10.0. The van der Waals surface area contributed by atoms with Crippen LogP contribution in [0.4, 0.5) is 4.39 Å². The molecule has 4 heteroatoms. The molecule has 0 atom stereocenters. The van der Waals surface area contributed by atoms with E-state index in [1.807, 2.05) is 12.1 Å². The lowest BCUT2D eigenvalue weighted by molar-refractivity contribution is -0.118. The van der Waals surface area contributed by atoms with Crippen LogP contribution >= 0.6 is 15.9 Å². The van der Waals surface area contributed by atoms with Gasteiger partial charge in [0.1, 0.15) is 11.6 Å². The number of ketones is 1. The number of pyridine rings is 1. The van der Waals surface area contributed by atoms with Gasteiger partial charge in [-0.15, -0.1) is 0 Å². The number of aromatic nitrogens is 1. The van der Waals surface area contributed by atoms with Gasteiger partial charge >= 0.3 is 0 Å². The third-order valence-corrected chi connectivity index (χ3v) is 3.72. The van der Waals surface area contributed by atoms with Crippen molar-refractivity contribution in [1.82, 2.24) is 4.98 Å². The van der Waals surface area contributed by atoms with Crippen molar-refractivity contribution in [2.75, 3.05) is 0 Å². The Morgan fingerprint density at radius 3 is 2.84 bits per heavy atom. The van der Waals surface area contributed by atoms with Crippen molar-refractivity contribution < 1.29 is 9.18 Å². The standard InChI is InChI=1S/C15H13BrFNO/c16-15-12(4-1-5-14(15)17)9-13(19)7-6-11-3-2-8-18-10-11/h1-5,8,10H,6-7,9H2. The van der Waals surface area contributed by atoms with E-state index in [0.29, 0.717) is 22.9 Å². The largest absolute Gasteiger partial charge is 0.299 e. The Kier molecular flexibility index (Phi) is 4.80. The van der Waals surface area contributed by atoms with E-state index in [2.05, 4.69) is 20.9 Å². The zero-order chi connectivity index (χ0) is 13.7. The predicted octanol–water partition coefficient (Wildman–Crippen LogP) is 3.73. The van der Waals surface area contributed by atoms with Gasteiger partial charge in [0.25, 0.3) is 0 Å². The Morgan fingerprint density at radius 2 is 2.11 bits per heavy atom. The number of rotatable bonds is 5. The summed E-state index contributed by atoms with van der Waals surface area (Å²) in [6, 6.07) is 8.54. The maximum Gasteiger partial charge on any atom is 0.137 e. The average molecular weight is 322 g/mol. The Morgan fingerprint density at radius 1 is 1.26 bits per heavy atom. The second-order valence-electron chi connectivity index (χ2n) is 4.29. The molecule has 2 nitrogen and oxygen atoms in total. The Labute approximate surface area is 119 Å². The van der Waals surface area contributed by atoms with Gasteiger partial charge in [0.2, 0.25) is 0 Å². The van der Waals surface area contributed by atoms with Gasteiger partial charge in [-0.1, -0.05) is 18.2 Å². The van der Waals surface area contributed by atoms with Crippen LogP contribution in [0, 0.1) is 5.82 Å². The molecule has 98 valence electrons. The third-order valence-electron chi connectivity index (χ3n) is 2.83. The van der Waals surface area contributed by atoms with Gasteiger partial charge in [-0.3, -0.25) is 9.78 Å². The van der Waals surface area contributed by atoms with Gasteiger partial charge in [-0.2, -0.15) is 0 Å². The molecule has 2 aromatic rings. The first-order valence-electron chi connectivity index (χ1n) is 6.00. The first-order chi connectivity index (χ1) is 9.16. The van der Waals surface area contributed by atoms with Crippen molar-refractivity contribution in [3.63, 3.8) is 0 Å². The number of halogens is 2. The summed E-state index contributed by atoms with van der Waals surface area (Å²) < 4.78 is 13.7. The number of hydrogen-bond donors (Lipinski definition) is 0. The molecule has 19 heavy (non-hydrogen) atoms. The van der Waals surface area contributed by atoms with E-state index in [9.17, 15) is 9.18 Å². The van der Waals surface area contributed by atoms with Crippen molar-refractivity contribution in [3.05, 3.63) is 64.1 Å². The summed E-state index contributed by atoms with van der Waals surface area (Å²) in [7, 11) is 0. The van der Waals surface area contributed by atoms with Gasteiger partial charge < -0.3 is 0 Å². The van der Waals surface area contributed by atoms with Gasteiger partial charge in [-0.05, 0) is 45.6 Å². The molecule has 0 radical (unpaired) electrons. The molecule has 0 aliphatic carbocycles. The zero-order valence-corrected chi connectivity index (χ0v) is 11.9. The summed E-state index contributed by atoms with van der Waals surface area (Å²) >= 11 is 3.17. The second-order valence-corrected chi connectivity index (χ2v) is 5.08. The maximum absolute atomic E-state index is 13.3. The van der Waals surface area contributed by atoms with Crippen LogP contribution in [-0.4, -0.2) is 10.8 Å². The molecule has 0 saturated heterocycles. The van der Waals surface area contributed by atoms with E-state index in [1.54, 1.807) is 24.5 Å². The molecule has 0 spiro atoms. The first kappa shape index (κ1) is 13.9. The van der Waals surface area contributed by atoms with Crippen LogP contribution in [0.5, 0.6) is 0 Å². The van der Waals surface area contributed by atoms with Crippen molar-refractivity contribution in [3.8, 4) is 0 Å². The second kappa shape index (κ2) is 6.57. The summed E-state index contributed by atoms with van der Waals surface area (Å²) in [6.45, 7) is 0. The van der Waals surface area contributed by atoms with Crippen LogP contribution in [0.15, 0.2) is 47.2 Å². The third kappa shape index (κ3) is 3.96. The molecule has 1 aromatic heterocycles. The molecule has 0 N–H and O–H groups in total. The molecule has 1 heterocycles. The smallest absolute Gasteiger partial charge is 0.137 e. The van der Waals surface area contributed by atoms with Gasteiger partial charge in [0, 0.05) is 25.2 Å². The van der Waals surface area contributed by atoms with Crippen LogP contribution in [-0.2, 0) is 17.6 Å². The zero-order valence-electron chi connectivity index (χ0n) is 10.3. The van der Waals surface area contributed by atoms with Crippen LogP contribution in [0.1, 0.15) is 17.5 Å². The number of hydrogen-bond acceptors (Lipinski definition) is 2. The number of aryl methyl sites for hydroxylation is 1. The number of benzene rings is 1. The lowest BCUT2D eigenvalue weighted by Gasteiger charge is -2.05. The minimum absolute atomic E-state index is 0.0927. The summed E-state index contributed by atoms with van der Waals surface area (Å²) in [5.74, 6) is -0.243. The predicted molar refractivity (Wildman–Crippen MR) is 75.4 cm³/mol. The SMILES string of the molecule is O=C(CCc1cccnc1)Cc1cccc(F)c1Br.